The zero-order valence-electron chi connectivity index (χ0n) is 18.8. The summed E-state index contributed by atoms with van der Waals surface area (Å²) in [5.74, 6) is -0.125. The van der Waals surface area contributed by atoms with E-state index in [1.54, 1.807) is 12.1 Å². The van der Waals surface area contributed by atoms with E-state index in [0.717, 1.165) is 38.0 Å². The summed E-state index contributed by atoms with van der Waals surface area (Å²) in [7, 11) is 1.38. The SMILES string of the molecule is CCCCN(Cc1ccccc1)C1CCC(=O)N(Cc2ccc(C(=O)OC)cc2)CC1. The summed E-state index contributed by atoms with van der Waals surface area (Å²) in [5.41, 5.74) is 2.89. The van der Waals surface area contributed by atoms with Crippen LogP contribution in [-0.2, 0) is 22.6 Å². The van der Waals surface area contributed by atoms with E-state index in [-0.39, 0.29) is 11.9 Å². The summed E-state index contributed by atoms with van der Waals surface area (Å²) in [4.78, 5) is 29.0. The average molecular weight is 423 g/mol. The Hall–Kier alpha value is -2.66. The van der Waals surface area contributed by atoms with Crippen LogP contribution in [0.5, 0.6) is 0 Å². The predicted molar refractivity (Wildman–Crippen MR) is 123 cm³/mol. The second kappa shape index (κ2) is 11.7. The van der Waals surface area contributed by atoms with Crippen LogP contribution in [0.2, 0.25) is 0 Å². The molecule has 0 bridgehead atoms. The highest BCUT2D eigenvalue weighted by Gasteiger charge is 2.26. The second-order valence-electron chi connectivity index (χ2n) is 8.29. The topological polar surface area (TPSA) is 49.9 Å². The quantitative estimate of drug-likeness (QED) is 0.552. The molecule has 0 saturated carbocycles. The summed E-state index contributed by atoms with van der Waals surface area (Å²) < 4.78 is 4.76. The lowest BCUT2D eigenvalue weighted by Gasteiger charge is -2.31. The van der Waals surface area contributed by atoms with Crippen molar-refractivity contribution in [2.75, 3.05) is 20.2 Å². The van der Waals surface area contributed by atoms with Gasteiger partial charge in [-0.25, -0.2) is 4.79 Å². The second-order valence-corrected chi connectivity index (χ2v) is 8.29. The number of benzene rings is 2. The number of amides is 1. The molecule has 0 N–H and O–H groups in total. The maximum atomic E-state index is 12.8. The lowest BCUT2D eigenvalue weighted by atomic mass is 10.1. The van der Waals surface area contributed by atoms with E-state index >= 15 is 0 Å². The fourth-order valence-electron chi connectivity index (χ4n) is 4.21. The predicted octanol–water partition coefficient (Wildman–Crippen LogP) is 4.66. The highest BCUT2D eigenvalue weighted by Crippen LogP contribution is 2.22. The Balaban J connectivity index is 1.63. The molecule has 1 heterocycles. The number of carbonyl (C=O) groups is 2. The van der Waals surface area contributed by atoms with Crippen LogP contribution < -0.4 is 0 Å². The number of carbonyl (C=O) groups excluding carboxylic acids is 2. The fraction of sp³-hybridized carbons (Fsp3) is 0.462. The number of methoxy groups -OCH3 is 1. The normalized spacial score (nSPS) is 16.9. The van der Waals surface area contributed by atoms with Gasteiger partial charge in [-0.2, -0.15) is 0 Å². The molecule has 166 valence electrons. The van der Waals surface area contributed by atoms with Crippen molar-refractivity contribution in [2.45, 2.75) is 58.2 Å². The van der Waals surface area contributed by atoms with Crippen molar-refractivity contribution in [1.29, 1.82) is 0 Å². The molecule has 0 spiro atoms. The maximum Gasteiger partial charge on any atom is 0.337 e. The molecule has 31 heavy (non-hydrogen) atoms. The summed E-state index contributed by atoms with van der Waals surface area (Å²) >= 11 is 0. The van der Waals surface area contributed by atoms with Crippen LogP contribution in [0, 0.1) is 0 Å². The Morgan fingerprint density at radius 3 is 2.48 bits per heavy atom. The molecule has 1 saturated heterocycles. The molecule has 1 aliphatic rings. The van der Waals surface area contributed by atoms with Gasteiger partial charge >= 0.3 is 5.97 Å². The van der Waals surface area contributed by atoms with Crippen molar-refractivity contribution in [3.05, 3.63) is 71.3 Å². The molecule has 1 aliphatic heterocycles. The molecular weight excluding hydrogens is 388 g/mol. The van der Waals surface area contributed by atoms with Gasteiger partial charge in [-0.1, -0.05) is 55.8 Å². The minimum atomic E-state index is -0.342. The minimum Gasteiger partial charge on any atom is -0.465 e. The largest absolute Gasteiger partial charge is 0.465 e. The van der Waals surface area contributed by atoms with Crippen molar-refractivity contribution in [3.63, 3.8) is 0 Å². The molecule has 5 nitrogen and oxygen atoms in total. The zero-order chi connectivity index (χ0) is 22.1. The Morgan fingerprint density at radius 1 is 1.06 bits per heavy atom. The standard InChI is InChI=1S/C26H34N2O3/c1-3-4-17-27(19-21-8-6-5-7-9-21)24-14-15-25(29)28(18-16-24)20-22-10-12-23(13-11-22)26(30)31-2/h5-13,24H,3-4,14-20H2,1-2H3. The van der Waals surface area contributed by atoms with Crippen molar-refractivity contribution < 1.29 is 14.3 Å². The van der Waals surface area contributed by atoms with E-state index in [2.05, 4.69) is 42.2 Å². The highest BCUT2D eigenvalue weighted by atomic mass is 16.5. The summed E-state index contributed by atoms with van der Waals surface area (Å²) in [6.07, 6.45) is 4.83. The number of nitrogens with zero attached hydrogens (tertiary/aromatic N) is 2. The van der Waals surface area contributed by atoms with E-state index in [1.807, 2.05) is 17.0 Å². The van der Waals surface area contributed by atoms with Crippen LogP contribution in [0.3, 0.4) is 0 Å². The van der Waals surface area contributed by atoms with Gasteiger partial charge in [0, 0.05) is 32.1 Å². The van der Waals surface area contributed by atoms with Crippen molar-refractivity contribution in [2.24, 2.45) is 0 Å². The van der Waals surface area contributed by atoms with E-state index < -0.39 is 0 Å². The molecular formula is C26H34N2O3. The van der Waals surface area contributed by atoms with Gasteiger partial charge in [-0.3, -0.25) is 9.69 Å². The molecule has 2 aromatic rings. The van der Waals surface area contributed by atoms with E-state index in [4.69, 9.17) is 4.74 Å². The molecule has 5 heteroatoms. The first kappa shape index (κ1) is 23.0. The zero-order valence-corrected chi connectivity index (χ0v) is 18.8. The van der Waals surface area contributed by atoms with E-state index in [9.17, 15) is 9.59 Å². The van der Waals surface area contributed by atoms with Gasteiger partial charge in [0.25, 0.3) is 0 Å². The number of hydrogen-bond acceptors (Lipinski definition) is 4. The van der Waals surface area contributed by atoms with Crippen LogP contribution in [0.15, 0.2) is 54.6 Å². The molecule has 0 aliphatic carbocycles. The fourth-order valence-corrected chi connectivity index (χ4v) is 4.21. The van der Waals surface area contributed by atoms with Crippen molar-refractivity contribution >= 4 is 11.9 Å². The number of esters is 1. The molecule has 0 radical (unpaired) electrons. The van der Waals surface area contributed by atoms with Gasteiger partial charge < -0.3 is 9.64 Å². The number of ether oxygens (including phenoxy) is 1. The Labute approximate surface area is 186 Å². The van der Waals surface area contributed by atoms with Crippen molar-refractivity contribution in [1.82, 2.24) is 9.80 Å². The molecule has 1 amide bonds. The van der Waals surface area contributed by atoms with Gasteiger partial charge in [0.05, 0.1) is 12.7 Å². The number of likely N-dealkylation sites (tertiary alicyclic amines) is 1. The van der Waals surface area contributed by atoms with Crippen LogP contribution in [0.25, 0.3) is 0 Å². The minimum absolute atomic E-state index is 0.217. The smallest absolute Gasteiger partial charge is 0.337 e. The molecule has 1 fully saturated rings. The van der Waals surface area contributed by atoms with E-state index in [1.165, 1.54) is 25.5 Å². The first-order valence-corrected chi connectivity index (χ1v) is 11.3. The Morgan fingerprint density at radius 2 is 1.81 bits per heavy atom. The van der Waals surface area contributed by atoms with Gasteiger partial charge in [-0.15, -0.1) is 0 Å². The molecule has 2 aromatic carbocycles. The first-order valence-electron chi connectivity index (χ1n) is 11.3. The Kier molecular flexibility index (Phi) is 8.65. The monoisotopic (exact) mass is 422 g/mol. The third-order valence-corrected chi connectivity index (χ3v) is 6.07. The van der Waals surface area contributed by atoms with Gasteiger partial charge in [-0.05, 0) is 49.1 Å². The lowest BCUT2D eigenvalue weighted by molar-refractivity contribution is -0.131. The molecule has 3 rings (SSSR count). The van der Waals surface area contributed by atoms with E-state index in [0.29, 0.717) is 24.6 Å². The average Bonchev–Trinajstić information content (AvgIpc) is 2.99. The number of hydrogen-bond donors (Lipinski definition) is 0. The third kappa shape index (κ3) is 6.66. The summed E-state index contributed by atoms with van der Waals surface area (Å²) in [5, 5.41) is 0. The molecule has 0 aromatic heterocycles. The lowest BCUT2D eigenvalue weighted by Crippen LogP contribution is -2.36. The Bertz CT molecular complexity index is 835. The first-order chi connectivity index (χ1) is 15.1. The van der Waals surface area contributed by atoms with Crippen LogP contribution >= 0.6 is 0 Å². The maximum absolute atomic E-state index is 12.8. The van der Waals surface area contributed by atoms with Crippen LogP contribution in [0.1, 0.15) is 60.5 Å². The summed E-state index contributed by atoms with van der Waals surface area (Å²) in [6.45, 7) is 5.58. The van der Waals surface area contributed by atoms with Gasteiger partial charge in [0.1, 0.15) is 0 Å². The number of rotatable bonds is 9. The van der Waals surface area contributed by atoms with Gasteiger partial charge in [0.2, 0.25) is 5.91 Å². The highest BCUT2D eigenvalue weighted by molar-refractivity contribution is 5.89. The number of unbranched alkanes of at least 4 members (excludes halogenated alkanes) is 1. The molecule has 1 atom stereocenters. The van der Waals surface area contributed by atoms with Crippen LogP contribution in [-0.4, -0.2) is 47.9 Å². The van der Waals surface area contributed by atoms with Crippen molar-refractivity contribution in [3.8, 4) is 0 Å². The summed E-state index contributed by atoms with van der Waals surface area (Å²) in [6, 6.07) is 18.4. The molecule has 1 unspecified atom stereocenters. The van der Waals surface area contributed by atoms with Crippen LogP contribution in [0.4, 0.5) is 0 Å². The third-order valence-electron chi connectivity index (χ3n) is 6.07. The van der Waals surface area contributed by atoms with Gasteiger partial charge in [0.15, 0.2) is 0 Å².